The van der Waals surface area contributed by atoms with Gasteiger partial charge in [0.15, 0.2) is 5.75 Å². The van der Waals surface area contributed by atoms with Gasteiger partial charge in [0.05, 0.1) is 9.26 Å². The SMILES string of the molecule is Cc1cc(Oc2cc(F)c(I)cc2N)cc(C)c1Cl. The van der Waals surface area contributed by atoms with E-state index in [9.17, 15) is 4.39 Å². The lowest BCUT2D eigenvalue weighted by atomic mass is 10.1. The van der Waals surface area contributed by atoms with E-state index in [-0.39, 0.29) is 5.82 Å². The van der Waals surface area contributed by atoms with Crippen LogP contribution in [0, 0.1) is 23.2 Å². The Balaban J connectivity index is 2.39. The molecule has 0 saturated heterocycles. The molecule has 0 aliphatic rings. The predicted octanol–water partition coefficient (Wildman–Crippen LogP) is 5.08. The molecule has 0 aliphatic carbocycles. The number of hydrogen-bond donors (Lipinski definition) is 1. The van der Waals surface area contributed by atoms with E-state index >= 15 is 0 Å². The maximum Gasteiger partial charge on any atom is 0.153 e. The molecule has 2 N–H and O–H groups in total. The van der Waals surface area contributed by atoms with Crippen LogP contribution in [0.4, 0.5) is 10.1 Å². The molecule has 0 fully saturated rings. The molecule has 0 amide bonds. The largest absolute Gasteiger partial charge is 0.455 e. The van der Waals surface area contributed by atoms with Crippen LogP contribution in [0.5, 0.6) is 11.5 Å². The van der Waals surface area contributed by atoms with E-state index < -0.39 is 0 Å². The van der Waals surface area contributed by atoms with E-state index in [1.165, 1.54) is 6.07 Å². The summed E-state index contributed by atoms with van der Waals surface area (Å²) in [5.41, 5.74) is 8.03. The number of benzene rings is 2. The van der Waals surface area contributed by atoms with Crippen molar-refractivity contribution in [3.63, 3.8) is 0 Å². The second-order valence-electron chi connectivity index (χ2n) is 4.28. The predicted molar refractivity (Wildman–Crippen MR) is 84.5 cm³/mol. The van der Waals surface area contributed by atoms with E-state index in [2.05, 4.69) is 0 Å². The molecule has 0 bridgehead atoms. The van der Waals surface area contributed by atoms with Crippen LogP contribution in [0.1, 0.15) is 11.1 Å². The van der Waals surface area contributed by atoms with Crippen LogP contribution in [0.15, 0.2) is 24.3 Å². The molecule has 0 spiro atoms. The lowest BCUT2D eigenvalue weighted by molar-refractivity contribution is 0.478. The highest BCUT2D eigenvalue weighted by Gasteiger charge is 2.10. The van der Waals surface area contributed by atoms with Crippen molar-refractivity contribution in [1.29, 1.82) is 0 Å². The second kappa shape index (κ2) is 5.54. The second-order valence-corrected chi connectivity index (χ2v) is 5.82. The Bertz CT molecular complexity index is 623. The number of rotatable bonds is 2. The van der Waals surface area contributed by atoms with Crippen molar-refractivity contribution >= 4 is 39.9 Å². The summed E-state index contributed by atoms with van der Waals surface area (Å²) in [5, 5.41) is 0.703. The molecule has 100 valence electrons. The number of nitrogens with two attached hydrogens (primary N) is 1. The van der Waals surface area contributed by atoms with E-state index in [0.29, 0.717) is 25.8 Å². The Hall–Kier alpha value is -1.01. The summed E-state index contributed by atoms with van der Waals surface area (Å²) >= 11 is 7.97. The molecule has 2 aromatic rings. The van der Waals surface area contributed by atoms with Crippen LogP contribution in [-0.2, 0) is 0 Å². The van der Waals surface area contributed by atoms with Crippen LogP contribution < -0.4 is 10.5 Å². The van der Waals surface area contributed by atoms with Gasteiger partial charge in [-0.1, -0.05) is 11.6 Å². The highest BCUT2D eigenvalue weighted by atomic mass is 127. The van der Waals surface area contributed by atoms with E-state index in [0.717, 1.165) is 11.1 Å². The molecule has 2 aromatic carbocycles. The van der Waals surface area contributed by atoms with E-state index in [4.69, 9.17) is 22.1 Å². The van der Waals surface area contributed by atoms with Crippen LogP contribution in [0.3, 0.4) is 0 Å². The number of halogens is 3. The Kier molecular flexibility index (Phi) is 4.20. The normalized spacial score (nSPS) is 10.6. The molecule has 2 rings (SSSR count). The third-order valence-corrected chi connectivity index (χ3v) is 4.11. The number of hydrogen-bond acceptors (Lipinski definition) is 2. The molecule has 2 nitrogen and oxygen atoms in total. The van der Waals surface area contributed by atoms with Crippen LogP contribution in [-0.4, -0.2) is 0 Å². The van der Waals surface area contributed by atoms with Crippen molar-refractivity contribution in [2.75, 3.05) is 5.73 Å². The van der Waals surface area contributed by atoms with Crippen molar-refractivity contribution in [2.45, 2.75) is 13.8 Å². The molecule has 0 unspecified atom stereocenters. The van der Waals surface area contributed by atoms with Gasteiger partial charge in [-0.15, -0.1) is 0 Å². The minimum Gasteiger partial charge on any atom is -0.455 e. The van der Waals surface area contributed by atoms with Crippen molar-refractivity contribution in [3.8, 4) is 11.5 Å². The van der Waals surface area contributed by atoms with Crippen LogP contribution >= 0.6 is 34.2 Å². The minimum absolute atomic E-state index is 0.305. The first kappa shape index (κ1) is 14.4. The standard InChI is InChI=1S/C14H12ClFINO/c1-7-3-9(4-8(2)14(7)15)19-13-5-10(16)11(17)6-12(13)18/h3-6H,18H2,1-2H3. The first-order valence-corrected chi connectivity index (χ1v) is 7.03. The molecule has 0 aliphatic heterocycles. The van der Waals surface area contributed by atoms with Crippen LogP contribution in [0.25, 0.3) is 0 Å². The number of nitrogen functional groups attached to an aromatic ring is 1. The average Bonchev–Trinajstić information content (AvgIpc) is 2.33. The average molecular weight is 392 g/mol. The summed E-state index contributed by atoms with van der Waals surface area (Å²) in [7, 11) is 0. The van der Waals surface area contributed by atoms with Crippen molar-refractivity contribution < 1.29 is 9.13 Å². The van der Waals surface area contributed by atoms with Crippen molar-refractivity contribution in [2.24, 2.45) is 0 Å². The minimum atomic E-state index is -0.354. The van der Waals surface area contributed by atoms with Crippen molar-refractivity contribution in [3.05, 3.63) is 49.8 Å². The van der Waals surface area contributed by atoms with Gasteiger partial charge < -0.3 is 10.5 Å². The summed E-state index contributed by atoms with van der Waals surface area (Å²) in [6, 6.07) is 6.42. The Morgan fingerprint density at radius 2 is 1.74 bits per heavy atom. The van der Waals surface area contributed by atoms with E-state index in [1.54, 1.807) is 18.2 Å². The van der Waals surface area contributed by atoms with Gasteiger partial charge in [-0.3, -0.25) is 0 Å². The summed E-state index contributed by atoms with van der Waals surface area (Å²) in [5.74, 6) is 0.540. The first-order valence-electron chi connectivity index (χ1n) is 5.57. The highest BCUT2D eigenvalue weighted by Crippen LogP contribution is 2.33. The maximum absolute atomic E-state index is 13.5. The van der Waals surface area contributed by atoms with E-state index in [1.807, 2.05) is 36.4 Å². The third-order valence-electron chi connectivity index (χ3n) is 2.69. The molecule has 19 heavy (non-hydrogen) atoms. The van der Waals surface area contributed by atoms with Crippen molar-refractivity contribution in [1.82, 2.24) is 0 Å². The van der Waals surface area contributed by atoms with Gasteiger partial charge in [0.25, 0.3) is 0 Å². The van der Waals surface area contributed by atoms with Gasteiger partial charge in [0, 0.05) is 11.1 Å². The summed E-state index contributed by atoms with van der Waals surface area (Å²) in [6.45, 7) is 3.78. The monoisotopic (exact) mass is 391 g/mol. The lowest BCUT2D eigenvalue weighted by Crippen LogP contribution is -1.96. The molecule has 0 heterocycles. The van der Waals surface area contributed by atoms with Gasteiger partial charge in [0.2, 0.25) is 0 Å². The third kappa shape index (κ3) is 3.12. The van der Waals surface area contributed by atoms with Crippen LogP contribution in [0.2, 0.25) is 5.02 Å². The molecular formula is C14H12ClFINO. The Labute approximate surface area is 129 Å². The molecule has 5 heteroatoms. The molecular weight excluding hydrogens is 380 g/mol. The molecule has 0 atom stereocenters. The number of ether oxygens (including phenoxy) is 1. The fourth-order valence-corrected chi connectivity index (χ4v) is 2.32. The zero-order valence-corrected chi connectivity index (χ0v) is 13.3. The molecule has 0 saturated carbocycles. The smallest absolute Gasteiger partial charge is 0.153 e. The lowest BCUT2D eigenvalue weighted by Gasteiger charge is -2.12. The Morgan fingerprint density at radius 1 is 1.16 bits per heavy atom. The number of aryl methyl sites for hydroxylation is 2. The zero-order chi connectivity index (χ0) is 14.2. The summed E-state index contributed by atoms with van der Waals surface area (Å²) < 4.78 is 19.6. The van der Waals surface area contributed by atoms with Gasteiger partial charge in [0.1, 0.15) is 11.6 Å². The fraction of sp³-hybridized carbons (Fsp3) is 0.143. The summed E-state index contributed by atoms with van der Waals surface area (Å²) in [6.07, 6.45) is 0. The first-order chi connectivity index (χ1) is 8.88. The number of anilines is 1. The molecule has 0 radical (unpaired) electrons. The quantitative estimate of drug-likeness (QED) is 0.573. The summed E-state index contributed by atoms with van der Waals surface area (Å²) in [4.78, 5) is 0. The zero-order valence-electron chi connectivity index (χ0n) is 10.4. The Morgan fingerprint density at radius 3 is 2.32 bits per heavy atom. The van der Waals surface area contributed by atoms with Gasteiger partial charge in [-0.05, 0) is 65.8 Å². The molecule has 0 aromatic heterocycles. The fourth-order valence-electron chi connectivity index (χ4n) is 1.72. The maximum atomic E-state index is 13.5. The highest BCUT2D eigenvalue weighted by molar-refractivity contribution is 14.1. The van der Waals surface area contributed by atoms with Gasteiger partial charge in [-0.2, -0.15) is 0 Å². The van der Waals surface area contributed by atoms with Gasteiger partial charge in [-0.25, -0.2) is 4.39 Å². The van der Waals surface area contributed by atoms with Gasteiger partial charge >= 0.3 is 0 Å². The topological polar surface area (TPSA) is 35.2 Å².